The van der Waals surface area contributed by atoms with E-state index in [1.807, 2.05) is 60.7 Å². The van der Waals surface area contributed by atoms with Gasteiger partial charge in [-0.15, -0.1) is 0 Å². The lowest BCUT2D eigenvalue weighted by atomic mass is 10.1. The van der Waals surface area contributed by atoms with Crippen LogP contribution in [0, 0.1) is 5.82 Å². The summed E-state index contributed by atoms with van der Waals surface area (Å²) in [5.74, 6) is -0.370. The topological polar surface area (TPSA) is 51.7 Å². The Labute approximate surface area is 204 Å². The van der Waals surface area contributed by atoms with E-state index in [4.69, 9.17) is 9.47 Å². The Morgan fingerprint density at radius 2 is 1.50 bits per heavy atom. The highest BCUT2D eigenvalue weighted by Gasteiger charge is 2.35. The van der Waals surface area contributed by atoms with Crippen molar-refractivity contribution in [3.63, 3.8) is 0 Å². The Balaban J connectivity index is 1.45. The third kappa shape index (κ3) is 4.52. The van der Waals surface area contributed by atoms with Gasteiger partial charge in [-0.3, -0.25) is 9.69 Å². The number of amides is 1. The average molecular weight is 519 g/mol. The van der Waals surface area contributed by atoms with Gasteiger partial charge in [0.15, 0.2) is 0 Å². The van der Waals surface area contributed by atoms with E-state index in [-0.39, 0.29) is 24.6 Å². The van der Waals surface area contributed by atoms with Crippen molar-refractivity contribution >= 4 is 27.5 Å². The molecule has 0 saturated carbocycles. The van der Waals surface area contributed by atoms with Gasteiger partial charge in [0.2, 0.25) is 11.8 Å². The molecule has 1 aromatic heterocycles. The summed E-state index contributed by atoms with van der Waals surface area (Å²) < 4.78 is 27.1. The molecule has 0 aliphatic carbocycles. The quantitative estimate of drug-likeness (QED) is 0.288. The lowest BCUT2D eigenvalue weighted by molar-refractivity contribution is 0.0992. The number of anilines is 1. The zero-order valence-electron chi connectivity index (χ0n) is 18.1. The number of hydrogen-bond acceptors (Lipinski definition) is 4. The average Bonchev–Trinajstić information content (AvgIpc) is 3.23. The Morgan fingerprint density at radius 3 is 2.15 bits per heavy atom. The van der Waals surface area contributed by atoms with Crippen molar-refractivity contribution < 1.29 is 18.7 Å². The molecule has 0 spiro atoms. The van der Waals surface area contributed by atoms with Crippen molar-refractivity contribution in [2.75, 3.05) is 4.90 Å². The molecule has 34 heavy (non-hydrogen) atoms. The maximum atomic E-state index is 14.5. The molecule has 5 rings (SSSR count). The Kier molecular flexibility index (Phi) is 6.27. The van der Waals surface area contributed by atoms with Crippen LogP contribution in [-0.2, 0) is 19.8 Å². The maximum Gasteiger partial charge on any atom is 0.262 e. The van der Waals surface area contributed by atoms with Crippen LogP contribution >= 0.6 is 15.9 Å². The Hall–Kier alpha value is -3.71. The first kappa shape index (κ1) is 22.1. The van der Waals surface area contributed by atoms with Gasteiger partial charge in [0, 0.05) is 16.1 Å². The largest absolute Gasteiger partial charge is 0.473 e. The highest BCUT2D eigenvalue weighted by Crippen LogP contribution is 2.38. The van der Waals surface area contributed by atoms with Crippen LogP contribution in [0.3, 0.4) is 0 Å². The monoisotopic (exact) mass is 518 g/mol. The summed E-state index contributed by atoms with van der Waals surface area (Å²) in [6, 6.07) is 25.7. The first-order valence-electron chi connectivity index (χ1n) is 10.7. The van der Waals surface area contributed by atoms with E-state index in [1.165, 1.54) is 11.0 Å². The SMILES string of the molecule is O=C1c2c(F)ccc(Br)c2CN1c1ccc(OCc2ccccc2)nc1OCc1ccccc1. The number of carbonyl (C=O) groups is 1. The number of pyridine rings is 1. The molecule has 5 nitrogen and oxygen atoms in total. The molecule has 1 aliphatic heterocycles. The highest BCUT2D eigenvalue weighted by molar-refractivity contribution is 9.10. The number of carbonyl (C=O) groups excluding carboxylic acids is 1. The lowest BCUT2D eigenvalue weighted by Crippen LogP contribution is -2.24. The van der Waals surface area contributed by atoms with Crippen LogP contribution in [0.5, 0.6) is 11.8 Å². The van der Waals surface area contributed by atoms with Crippen molar-refractivity contribution in [3.8, 4) is 11.8 Å². The zero-order chi connectivity index (χ0) is 23.5. The molecule has 2 heterocycles. The minimum Gasteiger partial charge on any atom is -0.473 e. The number of hydrogen-bond donors (Lipinski definition) is 0. The van der Waals surface area contributed by atoms with E-state index in [9.17, 15) is 9.18 Å². The number of rotatable bonds is 7. The van der Waals surface area contributed by atoms with Gasteiger partial charge < -0.3 is 9.47 Å². The molecule has 1 aliphatic rings. The van der Waals surface area contributed by atoms with Gasteiger partial charge in [-0.05, 0) is 29.3 Å². The molecular formula is C27H20BrFN2O3. The fourth-order valence-corrected chi connectivity index (χ4v) is 4.26. The van der Waals surface area contributed by atoms with E-state index in [2.05, 4.69) is 20.9 Å². The smallest absolute Gasteiger partial charge is 0.262 e. The fourth-order valence-electron chi connectivity index (χ4n) is 3.80. The molecule has 0 bridgehead atoms. The van der Waals surface area contributed by atoms with E-state index in [0.29, 0.717) is 28.2 Å². The molecule has 0 atom stereocenters. The first-order valence-corrected chi connectivity index (χ1v) is 11.5. The number of nitrogens with zero attached hydrogens (tertiary/aromatic N) is 2. The fraction of sp³-hybridized carbons (Fsp3) is 0.111. The molecule has 1 amide bonds. The molecule has 0 radical (unpaired) electrons. The van der Waals surface area contributed by atoms with Crippen LogP contribution in [0.1, 0.15) is 27.0 Å². The Bertz CT molecular complexity index is 1330. The minimum absolute atomic E-state index is 0.0628. The summed E-state index contributed by atoms with van der Waals surface area (Å²) in [4.78, 5) is 19.2. The van der Waals surface area contributed by atoms with Gasteiger partial charge in [0.25, 0.3) is 5.91 Å². The molecule has 7 heteroatoms. The summed E-state index contributed by atoms with van der Waals surface area (Å²) in [5.41, 5.74) is 3.08. The van der Waals surface area contributed by atoms with Crippen molar-refractivity contribution in [1.29, 1.82) is 0 Å². The third-order valence-electron chi connectivity index (χ3n) is 5.53. The second-order valence-corrected chi connectivity index (χ2v) is 8.65. The second kappa shape index (κ2) is 9.65. The van der Waals surface area contributed by atoms with Crippen LogP contribution in [-0.4, -0.2) is 10.9 Å². The Morgan fingerprint density at radius 1 is 0.853 bits per heavy atom. The van der Waals surface area contributed by atoms with E-state index in [1.54, 1.807) is 18.2 Å². The van der Waals surface area contributed by atoms with Gasteiger partial charge in [-0.2, -0.15) is 4.98 Å². The summed E-state index contributed by atoms with van der Waals surface area (Å²) in [6.45, 7) is 0.813. The van der Waals surface area contributed by atoms with Gasteiger partial charge in [0.05, 0.1) is 12.1 Å². The molecule has 0 unspecified atom stereocenters. The molecule has 0 saturated heterocycles. The van der Waals surface area contributed by atoms with Crippen LogP contribution in [0.2, 0.25) is 0 Å². The number of benzene rings is 3. The molecule has 4 aromatic rings. The van der Waals surface area contributed by atoms with Crippen molar-refractivity contribution in [1.82, 2.24) is 4.98 Å². The number of ether oxygens (including phenoxy) is 2. The normalized spacial score (nSPS) is 12.5. The lowest BCUT2D eigenvalue weighted by Gasteiger charge is -2.20. The minimum atomic E-state index is -0.548. The highest BCUT2D eigenvalue weighted by atomic mass is 79.9. The van der Waals surface area contributed by atoms with Crippen LogP contribution in [0.4, 0.5) is 10.1 Å². The van der Waals surface area contributed by atoms with Gasteiger partial charge >= 0.3 is 0 Å². The zero-order valence-corrected chi connectivity index (χ0v) is 19.7. The molecular weight excluding hydrogens is 499 g/mol. The van der Waals surface area contributed by atoms with Gasteiger partial charge in [-0.1, -0.05) is 76.6 Å². The van der Waals surface area contributed by atoms with Crippen LogP contribution in [0.15, 0.2) is 89.4 Å². The molecule has 0 N–H and O–H groups in total. The molecule has 0 fully saturated rings. The second-order valence-electron chi connectivity index (χ2n) is 7.80. The molecule has 170 valence electrons. The van der Waals surface area contributed by atoms with Crippen LogP contribution in [0.25, 0.3) is 0 Å². The predicted octanol–water partition coefficient (Wildman–Crippen LogP) is 6.30. The number of halogens is 2. The first-order chi connectivity index (χ1) is 16.6. The van der Waals surface area contributed by atoms with Crippen molar-refractivity contribution in [2.45, 2.75) is 19.8 Å². The standard InChI is InChI=1S/C27H20BrFN2O3/c28-21-11-12-22(29)25-20(21)15-31(27(25)32)23-13-14-24(33-16-18-7-3-1-4-8-18)30-26(23)34-17-19-9-5-2-6-10-19/h1-14H,15-17H2. The number of aromatic nitrogens is 1. The van der Waals surface area contributed by atoms with Gasteiger partial charge in [-0.25, -0.2) is 4.39 Å². The van der Waals surface area contributed by atoms with Crippen LogP contribution < -0.4 is 14.4 Å². The van der Waals surface area contributed by atoms with Crippen molar-refractivity contribution in [2.24, 2.45) is 0 Å². The summed E-state index contributed by atoms with van der Waals surface area (Å²) >= 11 is 3.43. The van der Waals surface area contributed by atoms with E-state index >= 15 is 0 Å². The summed E-state index contributed by atoms with van der Waals surface area (Å²) in [5, 5.41) is 0. The van der Waals surface area contributed by atoms with E-state index in [0.717, 1.165) is 11.1 Å². The predicted molar refractivity (Wildman–Crippen MR) is 130 cm³/mol. The van der Waals surface area contributed by atoms with Gasteiger partial charge in [0.1, 0.15) is 24.7 Å². The summed E-state index contributed by atoms with van der Waals surface area (Å²) in [6.07, 6.45) is 0. The number of fused-ring (bicyclic) bond motifs is 1. The summed E-state index contributed by atoms with van der Waals surface area (Å²) in [7, 11) is 0. The maximum absolute atomic E-state index is 14.5. The third-order valence-corrected chi connectivity index (χ3v) is 6.28. The van der Waals surface area contributed by atoms with Crippen molar-refractivity contribution in [3.05, 3.63) is 117 Å². The molecule has 3 aromatic carbocycles. The van der Waals surface area contributed by atoms with E-state index < -0.39 is 11.7 Å².